The number of hydrogen-bond donors (Lipinski definition) is 2. The number of aromatic nitrogens is 5. The van der Waals surface area contributed by atoms with E-state index >= 15 is 0 Å². The zero-order chi connectivity index (χ0) is 25.8. The van der Waals surface area contributed by atoms with Gasteiger partial charge in [-0.05, 0) is 43.2 Å². The molecule has 0 bridgehead atoms. The van der Waals surface area contributed by atoms with Crippen LogP contribution in [0, 0.1) is 11.3 Å². The maximum Gasteiger partial charge on any atom is 0.226 e. The van der Waals surface area contributed by atoms with Crippen LogP contribution in [0.2, 0.25) is 10.0 Å². The van der Waals surface area contributed by atoms with E-state index in [0.29, 0.717) is 71.4 Å². The van der Waals surface area contributed by atoms with Gasteiger partial charge in [0.05, 0.1) is 36.0 Å². The smallest absolute Gasteiger partial charge is 0.226 e. The summed E-state index contributed by atoms with van der Waals surface area (Å²) in [7, 11) is 0. The minimum atomic E-state index is 0.249. The molecule has 3 N–H and O–H groups in total. The molecular formula is C25H25Cl2N9O. The SMILES string of the molecule is N#Cc1ccc(CCCNc2nc(-c3ccc(Cl)cc3Cl)cc3nc(CN4CCOCC4)nn23)nc1N. The Morgan fingerprint density at radius 1 is 1.08 bits per heavy atom. The lowest BCUT2D eigenvalue weighted by atomic mass is 10.1. The molecule has 5 rings (SSSR count). The quantitative estimate of drug-likeness (QED) is 0.322. The highest BCUT2D eigenvalue weighted by Gasteiger charge is 2.17. The lowest BCUT2D eigenvalue weighted by Crippen LogP contribution is -2.35. The van der Waals surface area contributed by atoms with E-state index in [1.807, 2.05) is 24.3 Å². The van der Waals surface area contributed by atoms with Gasteiger partial charge in [0.25, 0.3) is 0 Å². The Morgan fingerprint density at radius 3 is 2.68 bits per heavy atom. The van der Waals surface area contributed by atoms with Gasteiger partial charge in [-0.2, -0.15) is 9.78 Å². The van der Waals surface area contributed by atoms with Crippen molar-refractivity contribution in [3.8, 4) is 17.3 Å². The summed E-state index contributed by atoms with van der Waals surface area (Å²) >= 11 is 12.6. The largest absolute Gasteiger partial charge is 0.383 e. The second kappa shape index (κ2) is 11.3. The molecule has 190 valence electrons. The summed E-state index contributed by atoms with van der Waals surface area (Å²) in [6.07, 6.45) is 1.46. The van der Waals surface area contributed by atoms with Gasteiger partial charge in [-0.15, -0.1) is 5.10 Å². The highest BCUT2D eigenvalue weighted by atomic mass is 35.5. The Hall–Kier alpha value is -3.49. The number of pyridine rings is 1. The fourth-order valence-corrected chi connectivity index (χ4v) is 4.64. The van der Waals surface area contributed by atoms with Crippen molar-refractivity contribution < 1.29 is 4.74 Å². The molecule has 12 heteroatoms. The minimum Gasteiger partial charge on any atom is -0.383 e. The van der Waals surface area contributed by atoms with Crippen molar-refractivity contribution in [2.24, 2.45) is 0 Å². The van der Waals surface area contributed by atoms with E-state index in [-0.39, 0.29) is 5.82 Å². The van der Waals surface area contributed by atoms with E-state index in [2.05, 4.69) is 15.2 Å². The average Bonchev–Trinajstić information content (AvgIpc) is 3.29. The van der Waals surface area contributed by atoms with Crippen LogP contribution in [0.3, 0.4) is 0 Å². The van der Waals surface area contributed by atoms with Gasteiger partial charge < -0.3 is 15.8 Å². The van der Waals surface area contributed by atoms with E-state index in [9.17, 15) is 0 Å². The molecule has 4 aromatic rings. The first-order valence-electron chi connectivity index (χ1n) is 11.9. The molecule has 0 saturated carbocycles. The van der Waals surface area contributed by atoms with Crippen molar-refractivity contribution in [2.75, 3.05) is 43.9 Å². The number of nitrogens with one attached hydrogen (secondary N) is 1. The monoisotopic (exact) mass is 537 g/mol. The first-order valence-corrected chi connectivity index (χ1v) is 12.7. The van der Waals surface area contributed by atoms with Crippen molar-refractivity contribution >= 4 is 40.6 Å². The Labute approximate surface area is 224 Å². The molecule has 0 radical (unpaired) electrons. The predicted octanol–water partition coefficient (Wildman–Crippen LogP) is 3.82. The number of aryl methyl sites for hydroxylation is 1. The summed E-state index contributed by atoms with van der Waals surface area (Å²) in [5.41, 5.74) is 9.15. The standard InChI is InChI=1S/C25H25Cl2N9O/c26-17-4-6-19(20(27)12-17)21-13-23-33-22(15-35-8-10-37-11-9-35)34-36(23)25(32-21)30-7-1-2-18-5-3-16(14-28)24(29)31-18/h3-6,12-13H,1-2,7-11,15H2,(H2,29,31)(H,30,32). The van der Waals surface area contributed by atoms with Crippen LogP contribution >= 0.6 is 23.2 Å². The van der Waals surface area contributed by atoms with E-state index in [4.69, 9.17) is 54.0 Å². The summed E-state index contributed by atoms with van der Waals surface area (Å²) in [5, 5.41) is 18.2. The van der Waals surface area contributed by atoms with Crippen LogP contribution in [0.5, 0.6) is 0 Å². The third kappa shape index (κ3) is 5.92. The number of fused-ring (bicyclic) bond motifs is 1. The normalized spacial score (nSPS) is 14.1. The van der Waals surface area contributed by atoms with Crippen molar-refractivity contribution in [3.63, 3.8) is 0 Å². The van der Waals surface area contributed by atoms with Crippen molar-refractivity contribution in [1.29, 1.82) is 5.26 Å². The third-order valence-corrected chi connectivity index (χ3v) is 6.59. The first kappa shape index (κ1) is 25.2. The Bertz CT molecular complexity index is 1460. The van der Waals surface area contributed by atoms with Crippen molar-refractivity contribution in [1.82, 2.24) is 29.5 Å². The zero-order valence-corrected chi connectivity index (χ0v) is 21.5. The summed E-state index contributed by atoms with van der Waals surface area (Å²) in [4.78, 5) is 16.2. The fraction of sp³-hybridized carbons (Fsp3) is 0.320. The maximum atomic E-state index is 9.04. The highest BCUT2D eigenvalue weighted by Crippen LogP contribution is 2.30. The molecule has 0 atom stereocenters. The van der Waals surface area contributed by atoms with Crippen LogP contribution in [0.25, 0.3) is 16.9 Å². The Morgan fingerprint density at radius 2 is 1.92 bits per heavy atom. The highest BCUT2D eigenvalue weighted by molar-refractivity contribution is 6.36. The predicted molar refractivity (Wildman–Crippen MR) is 143 cm³/mol. The van der Waals surface area contributed by atoms with Gasteiger partial charge in [-0.3, -0.25) is 4.90 Å². The van der Waals surface area contributed by atoms with Gasteiger partial charge in [0.2, 0.25) is 5.95 Å². The van der Waals surface area contributed by atoms with E-state index in [0.717, 1.165) is 30.8 Å². The molecular weight excluding hydrogens is 513 g/mol. The molecule has 1 aliphatic heterocycles. The topological polar surface area (TPSA) is 130 Å². The summed E-state index contributed by atoms with van der Waals surface area (Å²) in [6, 6.07) is 12.8. The Balaban J connectivity index is 1.38. The van der Waals surface area contributed by atoms with Crippen LogP contribution in [0.1, 0.15) is 23.5 Å². The molecule has 10 nitrogen and oxygen atoms in total. The molecule has 4 heterocycles. The van der Waals surface area contributed by atoms with Crippen LogP contribution in [0.4, 0.5) is 11.8 Å². The number of morpholine rings is 1. The van der Waals surface area contributed by atoms with E-state index in [1.165, 1.54) is 0 Å². The molecule has 1 saturated heterocycles. The molecule has 0 amide bonds. The van der Waals surface area contributed by atoms with Gasteiger partial charge in [0.15, 0.2) is 11.5 Å². The number of ether oxygens (including phenoxy) is 1. The number of anilines is 2. The van der Waals surface area contributed by atoms with Crippen molar-refractivity contribution in [2.45, 2.75) is 19.4 Å². The molecule has 1 aromatic carbocycles. The van der Waals surface area contributed by atoms with Crippen molar-refractivity contribution in [3.05, 3.63) is 63.5 Å². The maximum absolute atomic E-state index is 9.04. The van der Waals surface area contributed by atoms with Crippen LogP contribution < -0.4 is 11.1 Å². The minimum absolute atomic E-state index is 0.249. The number of rotatable bonds is 8. The first-order chi connectivity index (χ1) is 18.0. The number of benzene rings is 1. The molecule has 1 fully saturated rings. The van der Waals surface area contributed by atoms with E-state index < -0.39 is 0 Å². The molecule has 0 unspecified atom stereocenters. The lowest BCUT2D eigenvalue weighted by molar-refractivity contribution is 0.0331. The molecule has 37 heavy (non-hydrogen) atoms. The van der Waals surface area contributed by atoms with Crippen LogP contribution in [0.15, 0.2) is 36.4 Å². The van der Waals surface area contributed by atoms with Crippen LogP contribution in [-0.2, 0) is 17.7 Å². The van der Waals surface area contributed by atoms with Gasteiger partial charge in [0.1, 0.15) is 11.9 Å². The average molecular weight is 538 g/mol. The lowest BCUT2D eigenvalue weighted by Gasteiger charge is -2.25. The number of nitriles is 1. The summed E-state index contributed by atoms with van der Waals surface area (Å²) in [5.74, 6) is 1.52. The molecule has 0 aliphatic carbocycles. The number of halogens is 2. The molecule has 0 spiro atoms. The van der Waals surface area contributed by atoms with Gasteiger partial charge in [0, 0.05) is 42.0 Å². The summed E-state index contributed by atoms with van der Waals surface area (Å²) < 4.78 is 7.17. The Kier molecular flexibility index (Phi) is 7.67. The second-order valence-electron chi connectivity index (χ2n) is 8.65. The molecule has 3 aromatic heterocycles. The fourth-order valence-electron chi connectivity index (χ4n) is 4.13. The van der Waals surface area contributed by atoms with Crippen LogP contribution in [-0.4, -0.2) is 62.3 Å². The number of nitrogen functional groups attached to an aromatic ring is 1. The van der Waals surface area contributed by atoms with Gasteiger partial charge in [-0.25, -0.2) is 15.0 Å². The third-order valence-electron chi connectivity index (χ3n) is 6.04. The van der Waals surface area contributed by atoms with E-state index in [1.54, 1.807) is 22.7 Å². The van der Waals surface area contributed by atoms with Gasteiger partial charge >= 0.3 is 0 Å². The van der Waals surface area contributed by atoms with Gasteiger partial charge in [-0.1, -0.05) is 23.2 Å². The number of hydrogen-bond acceptors (Lipinski definition) is 9. The summed E-state index contributed by atoms with van der Waals surface area (Å²) in [6.45, 7) is 4.35. The number of nitrogens with two attached hydrogens (primary N) is 1. The zero-order valence-electron chi connectivity index (χ0n) is 20.0. The second-order valence-corrected chi connectivity index (χ2v) is 9.50. The number of nitrogens with zero attached hydrogens (tertiary/aromatic N) is 7. The molecule has 1 aliphatic rings.